The first-order chi connectivity index (χ1) is 9.78. The van der Waals surface area contributed by atoms with Crippen LogP contribution in [-0.4, -0.2) is 43.2 Å². The van der Waals surface area contributed by atoms with E-state index in [0.29, 0.717) is 12.1 Å². The fourth-order valence-electron chi connectivity index (χ4n) is 3.50. The van der Waals surface area contributed by atoms with Gasteiger partial charge < -0.3 is 10.1 Å². The van der Waals surface area contributed by atoms with Gasteiger partial charge in [-0.2, -0.15) is 0 Å². The molecule has 0 saturated carbocycles. The summed E-state index contributed by atoms with van der Waals surface area (Å²) < 4.78 is 6.07. The Labute approximate surface area is 122 Å². The molecule has 0 spiro atoms. The molecule has 3 atom stereocenters. The maximum absolute atomic E-state index is 6.07. The predicted molar refractivity (Wildman–Crippen MR) is 82.0 cm³/mol. The molecular formula is C17H26N2O. The molecule has 2 aliphatic rings. The van der Waals surface area contributed by atoms with E-state index in [2.05, 4.69) is 48.3 Å². The number of hydrogen-bond acceptors (Lipinski definition) is 3. The van der Waals surface area contributed by atoms with Gasteiger partial charge in [0, 0.05) is 31.7 Å². The van der Waals surface area contributed by atoms with Gasteiger partial charge in [0.15, 0.2) is 0 Å². The van der Waals surface area contributed by atoms with Gasteiger partial charge in [-0.1, -0.05) is 31.2 Å². The lowest BCUT2D eigenvalue weighted by Gasteiger charge is -2.41. The third-order valence-corrected chi connectivity index (χ3v) is 4.69. The lowest BCUT2D eigenvalue weighted by Crippen LogP contribution is -2.56. The van der Waals surface area contributed by atoms with Crippen LogP contribution in [0, 0.1) is 0 Å². The number of nitrogens with zero attached hydrogens (tertiary/aromatic N) is 1. The number of ether oxygens (including phenoxy) is 1. The zero-order chi connectivity index (χ0) is 13.9. The molecule has 2 aliphatic heterocycles. The van der Waals surface area contributed by atoms with Gasteiger partial charge in [-0.15, -0.1) is 0 Å². The van der Waals surface area contributed by atoms with E-state index in [4.69, 9.17) is 4.74 Å². The Hall–Kier alpha value is -0.900. The minimum absolute atomic E-state index is 0.249. The molecule has 0 aromatic heterocycles. The monoisotopic (exact) mass is 274 g/mol. The summed E-state index contributed by atoms with van der Waals surface area (Å²) in [6.45, 7) is 8.67. The summed E-state index contributed by atoms with van der Waals surface area (Å²) in [7, 11) is 0. The Morgan fingerprint density at radius 3 is 3.05 bits per heavy atom. The summed E-state index contributed by atoms with van der Waals surface area (Å²) in [6, 6.07) is 10.00. The number of hydrogen-bond donors (Lipinski definition) is 1. The second kappa shape index (κ2) is 6.25. The van der Waals surface area contributed by atoms with E-state index in [1.54, 1.807) is 0 Å². The van der Waals surface area contributed by atoms with Crippen molar-refractivity contribution in [2.75, 3.05) is 26.2 Å². The molecule has 0 bridgehead atoms. The first-order valence-electron chi connectivity index (χ1n) is 7.94. The van der Waals surface area contributed by atoms with Crippen molar-refractivity contribution in [2.45, 2.75) is 44.9 Å². The Balaban J connectivity index is 1.74. The lowest BCUT2D eigenvalue weighted by atomic mass is 9.96. The normalized spacial score (nSPS) is 31.0. The molecule has 1 aromatic carbocycles. The number of nitrogens with one attached hydrogen (secondary N) is 1. The van der Waals surface area contributed by atoms with E-state index in [0.717, 1.165) is 32.7 Å². The summed E-state index contributed by atoms with van der Waals surface area (Å²) in [5, 5.41) is 3.59. The zero-order valence-corrected chi connectivity index (χ0v) is 12.6. The summed E-state index contributed by atoms with van der Waals surface area (Å²) in [5.41, 5.74) is 2.87. The molecule has 3 rings (SSSR count). The van der Waals surface area contributed by atoms with Gasteiger partial charge in [-0.25, -0.2) is 0 Å². The van der Waals surface area contributed by atoms with E-state index in [-0.39, 0.29) is 6.10 Å². The van der Waals surface area contributed by atoms with Crippen LogP contribution in [0.25, 0.3) is 0 Å². The van der Waals surface area contributed by atoms with Crippen molar-refractivity contribution in [3.05, 3.63) is 35.4 Å². The van der Waals surface area contributed by atoms with Gasteiger partial charge in [0.2, 0.25) is 0 Å². The number of benzene rings is 1. The summed E-state index contributed by atoms with van der Waals surface area (Å²) in [4.78, 5) is 2.62. The molecule has 3 heteroatoms. The highest BCUT2D eigenvalue weighted by Crippen LogP contribution is 2.28. The number of fused-ring (bicyclic) bond motifs is 1. The summed E-state index contributed by atoms with van der Waals surface area (Å²) in [5.74, 6) is 0. The van der Waals surface area contributed by atoms with Crippen molar-refractivity contribution in [3.63, 3.8) is 0 Å². The SMILES string of the molecule is CCC1CNC(C)CN1CC1OCCc2ccccc21. The molecule has 0 amide bonds. The largest absolute Gasteiger partial charge is 0.372 e. The smallest absolute Gasteiger partial charge is 0.0954 e. The van der Waals surface area contributed by atoms with Gasteiger partial charge in [0.05, 0.1) is 12.7 Å². The highest BCUT2D eigenvalue weighted by atomic mass is 16.5. The van der Waals surface area contributed by atoms with Crippen LogP contribution in [0.2, 0.25) is 0 Å². The minimum atomic E-state index is 0.249. The summed E-state index contributed by atoms with van der Waals surface area (Å²) in [6.07, 6.45) is 2.51. The second-order valence-corrected chi connectivity index (χ2v) is 6.13. The van der Waals surface area contributed by atoms with E-state index >= 15 is 0 Å². The fraction of sp³-hybridized carbons (Fsp3) is 0.647. The van der Waals surface area contributed by atoms with Gasteiger partial charge >= 0.3 is 0 Å². The van der Waals surface area contributed by atoms with Gasteiger partial charge in [-0.3, -0.25) is 4.90 Å². The highest BCUT2D eigenvalue weighted by Gasteiger charge is 2.29. The van der Waals surface area contributed by atoms with Gasteiger partial charge in [-0.05, 0) is 30.9 Å². The van der Waals surface area contributed by atoms with Crippen LogP contribution in [0.15, 0.2) is 24.3 Å². The Bertz CT molecular complexity index is 448. The van der Waals surface area contributed by atoms with E-state index in [9.17, 15) is 0 Å². The van der Waals surface area contributed by atoms with Crippen molar-refractivity contribution < 1.29 is 4.74 Å². The molecule has 1 saturated heterocycles. The molecule has 1 aromatic rings. The fourth-order valence-corrected chi connectivity index (χ4v) is 3.50. The Morgan fingerprint density at radius 2 is 2.20 bits per heavy atom. The van der Waals surface area contributed by atoms with Crippen LogP contribution < -0.4 is 5.32 Å². The van der Waals surface area contributed by atoms with Crippen molar-refractivity contribution in [2.24, 2.45) is 0 Å². The third-order valence-electron chi connectivity index (χ3n) is 4.69. The molecule has 1 fully saturated rings. The molecule has 20 heavy (non-hydrogen) atoms. The minimum Gasteiger partial charge on any atom is -0.372 e. The predicted octanol–water partition coefficient (Wildman–Crippen LogP) is 2.37. The molecule has 0 aliphatic carbocycles. The average Bonchev–Trinajstić information content (AvgIpc) is 2.48. The highest BCUT2D eigenvalue weighted by molar-refractivity contribution is 5.31. The first kappa shape index (κ1) is 14.1. The van der Waals surface area contributed by atoms with Gasteiger partial charge in [0.25, 0.3) is 0 Å². The van der Waals surface area contributed by atoms with Crippen molar-refractivity contribution >= 4 is 0 Å². The van der Waals surface area contributed by atoms with E-state index in [1.807, 2.05) is 0 Å². The van der Waals surface area contributed by atoms with Crippen LogP contribution in [0.4, 0.5) is 0 Å². The van der Waals surface area contributed by atoms with Crippen LogP contribution >= 0.6 is 0 Å². The van der Waals surface area contributed by atoms with Crippen LogP contribution in [0.1, 0.15) is 37.5 Å². The van der Waals surface area contributed by atoms with E-state index < -0.39 is 0 Å². The molecule has 3 unspecified atom stereocenters. The molecule has 0 radical (unpaired) electrons. The van der Waals surface area contributed by atoms with Crippen LogP contribution in [0.3, 0.4) is 0 Å². The average molecular weight is 274 g/mol. The maximum Gasteiger partial charge on any atom is 0.0954 e. The standard InChI is InChI=1S/C17H26N2O/c1-3-15-10-18-13(2)11-19(15)12-17-16-7-5-4-6-14(16)8-9-20-17/h4-7,13,15,17-18H,3,8-12H2,1-2H3. The zero-order valence-electron chi connectivity index (χ0n) is 12.6. The van der Waals surface area contributed by atoms with Crippen molar-refractivity contribution in [1.82, 2.24) is 10.2 Å². The molecular weight excluding hydrogens is 248 g/mol. The molecule has 2 heterocycles. The Morgan fingerprint density at radius 1 is 1.35 bits per heavy atom. The molecule has 110 valence electrons. The third kappa shape index (κ3) is 2.90. The lowest BCUT2D eigenvalue weighted by molar-refractivity contribution is -0.00352. The summed E-state index contributed by atoms with van der Waals surface area (Å²) >= 11 is 0. The first-order valence-corrected chi connectivity index (χ1v) is 7.94. The molecule has 3 nitrogen and oxygen atoms in total. The quantitative estimate of drug-likeness (QED) is 0.916. The van der Waals surface area contributed by atoms with E-state index in [1.165, 1.54) is 17.5 Å². The molecule has 1 N–H and O–H groups in total. The number of rotatable bonds is 3. The van der Waals surface area contributed by atoms with Crippen LogP contribution in [0.5, 0.6) is 0 Å². The second-order valence-electron chi connectivity index (χ2n) is 6.13. The number of piperazine rings is 1. The maximum atomic E-state index is 6.07. The van der Waals surface area contributed by atoms with Crippen LogP contribution in [-0.2, 0) is 11.2 Å². The van der Waals surface area contributed by atoms with Crippen molar-refractivity contribution in [1.29, 1.82) is 0 Å². The Kier molecular flexibility index (Phi) is 4.39. The topological polar surface area (TPSA) is 24.5 Å². The van der Waals surface area contributed by atoms with Crippen molar-refractivity contribution in [3.8, 4) is 0 Å². The van der Waals surface area contributed by atoms with Gasteiger partial charge in [0.1, 0.15) is 0 Å².